The molecule has 1 saturated heterocycles. The number of aromatic nitrogens is 1. The number of hydrogen-bond acceptors (Lipinski definition) is 3. The molecule has 0 radical (unpaired) electrons. The van der Waals surface area contributed by atoms with E-state index in [0.29, 0.717) is 0 Å². The zero-order valence-corrected chi connectivity index (χ0v) is 19.4. The van der Waals surface area contributed by atoms with Gasteiger partial charge in [0.1, 0.15) is 5.75 Å². The number of para-hydroxylation sites is 3. The van der Waals surface area contributed by atoms with Gasteiger partial charge in [-0.05, 0) is 44.0 Å². The van der Waals surface area contributed by atoms with Crippen LogP contribution in [0.4, 0.5) is 0 Å². The molecule has 0 spiro atoms. The summed E-state index contributed by atoms with van der Waals surface area (Å²) in [5, 5.41) is 13.9. The van der Waals surface area contributed by atoms with Crippen LogP contribution in [0.15, 0.2) is 72.8 Å². The molecule has 1 N–H and O–H groups in total. The minimum atomic E-state index is -0.796. The van der Waals surface area contributed by atoms with Gasteiger partial charge in [-0.25, -0.2) is 0 Å². The lowest BCUT2D eigenvalue weighted by molar-refractivity contribution is -0.0276. The smallest absolute Gasteiger partial charge is 0.124 e. The molecule has 0 bridgehead atoms. The number of benzene rings is 3. The van der Waals surface area contributed by atoms with Crippen molar-refractivity contribution in [2.75, 3.05) is 26.7 Å². The molecule has 4 nitrogen and oxygen atoms in total. The van der Waals surface area contributed by atoms with E-state index in [1.54, 1.807) is 7.11 Å². The average molecular weight is 451 g/mol. The first-order valence-corrected chi connectivity index (χ1v) is 11.2. The Labute approximate surface area is 195 Å². The Bertz CT molecular complexity index is 1140. The summed E-state index contributed by atoms with van der Waals surface area (Å²) in [6.07, 6.45) is 2.57. The topological polar surface area (TPSA) is 37.6 Å². The number of piperidine rings is 1. The number of nitrogens with zero attached hydrogens (tertiary/aromatic N) is 2. The Kier molecular flexibility index (Phi) is 6.75. The number of fused-ring (bicyclic) bond motifs is 3. The lowest BCUT2D eigenvalue weighted by atomic mass is 9.84. The summed E-state index contributed by atoms with van der Waals surface area (Å²) in [6.45, 7) is 3.85. The van der Waals surface area contributed by atoms with Crippen LogP contribution in [0.25, 0.3) is 21.8 Å². The summed E-state index contributed by atoms with van der Waals surface area (Å²) in [6, 6.07) is 25.3. The van der Waals surface area contributed by atoms with Crippen molar-refractivity contribution >= 4 is 34.2 Å². The summed E-state index contributed by atoms with van der Waals surface area (Å²) in [5.41, 5.74) is 2.75. The van der Waals surface area contributed by atoms with Gasteiger partial charge >= 0.3 is 0 Å². The molecule has 4 aromatic rings. The number of likely N-dealkylation sites (tertiary alicyclic amines) is 1. The Balaban J connectivity index is 0.00000245. The maximum atomic E-state index is 11.3. The van der Waals surface area contributed by atoms with E-state index in [9.17, 15) is 5.11 Å². The molecule has 0 aliphatic carbocycles. The van der Waals surface area contributed by atoms with Crippen LogP contribution in [-0.4, -0.2) is 41.3 Å². The fraction of sp³-hybridized carbons (Fsp3) is 0.333. The lowest BCUT2D eigenvalue weighted by Gasteiger charge is -2.39. The maximum Gasteiger partial charge on any atom is 0.124 e. The number of hydrogen-bond donors (Lipinski definition) is 1. The molecule has 1 aliphatic rings. The van der Waals surface area contributed by atoms with Crippen molar-refractivity contribution in [1.29, 1.82) is 0 Å². The zero-order chi connectivity index (χ0) is 21.3. The summed E-state index contributed by atoms with van der Waals surface area (Å²) in [7, 11) is 1.67. The van der Waals surface area contributed by atoms with Gasteiger partial charge in [0.15, 0.2) is 0 Å². The quantitative estimate of drug-likeness (QED) is 0.415. The largest absolute Gasteiger partial charge is 0.496 e. The van der Waals surface area contributed by atoms with E-state index < -0.39 is 5.60 Å². The second kappa shape index (κ2) is 9.53. The zero-order valence-electron chi connectivity index (χ0n) is 18.5. The number of rotatable bonds is 6. The molecule has 0 saturated carbocycles. The third kappa shape index (κ3) is 4.11. The summed E-state index contributed by atoms with van der Waals surface area (Å²) >= 11 is 0. The molecule has 5 rings (SSSR count). The van der Waals surface area contributed by atoms with Crippen LogP contribution < -0.4 is 4.74 Å². The summed E-state index contributed by atoms with van der Waals surface area (Å²) < 4.78 is 7.95. The van der Waals surface area contributed by atoms with Gasteiger partial charge in [0.2, 0.25) is 0 Å². The van der Waals surface area contributed by atoms with Gasteiger partial charge in [0.25, 0.3) is 0 Å². The van der Waals surface area contributed by atoms with Crippen LogP contribution >= 0.6 is 12.4 Å². The third-order valence-corrected chi connectivity index (χ3v) is 6.83. The van der Waals surface area contributed by atoms with Crippen LogP contribution in [-0.2, 0) is 12.1 Å². The molecule has 32 heavy (non-hydrogen) atoms. The molecule has 0 amide bonds. The molecule has 5 heteroatoms. The average Bonchev–Trinajstić information content (AvgIpc) is 3.14. The van der Waals surface area contributed by atoms with Crippen LogP contribution in [0.2, 0.25) is 0 Å². The highest BCUT2D eigenvalue weighted by Gasteiger charge is 2.35. The molecule has 2 heterocycles. The number of aliphatic hydroxyl groups is 1. The Morgan fingerprint density at radius 1 is 0.812 bits per heavy atom. The molecule has 0 unspecified atom stereocenters. The van der Waals surface area contributed by atoms with Gasteiger partial charge in [-0.15, -0.1) is 12.4 Å². The molecule has 0 atom stereocenters. The van der Waals surface area contributed by atoms with Gasteiger partial charge in [-0.3, -0.25) is 0 Å². The number of ether oxygens (including phenoxy) is 1. The molecule has 1 aromatic heterocycles. The first-order chi connectivity index (χ1) is 15.2. The number of halogens is 1. The fourth-order valence-corrected chi connectivity index (χ4v) is 5.14. The second-order valence-corrected chi connectivity index (χ2v) is 8.61. The first kappa shape index (κ1) is 22.7. The van der Waals surface area contributed by atoms with Crippen LogP contribution in [0.1, 0.15) is 24.8 Å². The molecule has 3 aromatic carbocycles. The van der Waals surface area contributed by atoms with Crippen LogP contribution in [0.5, 0.6) is 5.75 Å². The molecular formula is C27H31ClN2O2. The van der Waals surface area contributed by atoms with Crippen molar-refractivity contribution in [1.82, 2.24) is 9.47 Å². The van der Waals surface area contributed by atoms with Crippen molar-refractivity contribution in [2.45, 2.75) is 31.4 Å². The highest BCUT2D eigenvalue weighted by atomic mass is 35.5. The maximum absolute atomic E-state index is 11.3. The Morgan fingerprint density at radius 3 is 2.00 bits per heavy atom. The molecule has 1 aliphatic heterocycles. The Hall–Kier alpha value is -2.53. The van der Waals surface area contributed by atoms with Crippen molar-refractivity contribution in [3.8, 4) is 5.75 Å². The van der Waals surface area contributed by atoms with Crippen molar-refractivity contribution in [3.05, 3.63) is 78.4 Å². The molecule has 168 valence electrons. The van der Waals surface area contributed by atoms with E-state index in [1.165, 1.54) is 21.8 Å². The minimum absolute atomic E-state index is 0. The normalized spacial score (nSPS) is 16.2. The van der Waals surface area contributed by atoms with Gasteiger partial charge in [-0.1, -0.05) is 54.6 Å². The predicted octanol–water partition coefficient (Wildman–Crippen LogP) is 5.60. The molecular weight excluding hydrogens is 420 g/mol. The number of aryl methyl sites for hydroxylation is 1. The van der Waals surface area contributed by atoms with Crippen molar-refractivity contribution < 1.29 is 9.84 Å². The standard InChI is InChI=1S/C27H30N2O2.ClH/c1-31-26-14-7-4-11-23(26)27(30)15-19-28(20-16-27)17-8-18-29-24-12-5-2-9-21(24)22-10-3-6-13-25(22)29;/h2-7,9-14,30H,8,15-20H2,1H3;1H. The third-order valence-electron chi connectivity index (χ3n) is 6.83. The van der Waals surface area contributed by atoms with E-state index in [4.69, 9.17) is 4.74 Å². The fourth-order valence-electron chi connectivity index (χ4n) is 5.14. The highest BCUT2D eigenvalue weighted by molar-refractivity contribution is 6.07. The highest BCUT2D eigenvalue weighted by Crippen LogP contribution is 2.38. The second-order valence-electron chi connectivity index (χ2n) is 8.61. The van der Waals surface area contributed by atoms with Gasteiger partial charge in [-0.2, -0.15) is 0 Å². The van der Waals surface area contributed by atoms with E-state index in [2.05, 4.69) is 58.0 Å². The lowest BCUT2D eigenvalue weighted by Crippen LogP contribution is -2.43. The number of methoxy groups -OCH3 is 1. The predicted molar refractivity (Wildman–Crippen MR) is 134 cm³/mol. The minimum Gasteiger partial charge on any atom is -0.496 e. The SMILES string of the molecule is COc1ccccc1C1(O)CCN(CCCn2c3ccccc3c3ccccc32)CC1.Cl. The van der Waals surface area contributed by atoms with Gasteiger partial charge < -0.3 is 19.3 Å². The van der Waals surface area contributed by atoms with Gasteiger partial charge in [0, 0.05) is 47.0 Å². The van der Waals surface area contributed by atoms with Crippen molar-refractivity contribution in [3.63, 3.8) is 0 Å². The van der Waals surface area contributed by atoms with Crippen LogP contribution in [0.3, 0.4) is 0 Å². The van der Waals surface area contributed by atoms with E-state index in [0.717, 1.165) is 56.8 Å². The van der Waals surface area contributed by atoms with E-state index in [-0.39, 0.29) is 12.4 Å². The van der Waals surface area contributed by atoms with Crippen molar-refractivity contribution in [2.24, 2.45) is 0 Å². The van der Waals surface area contributed by atoms with Crippen LogP contribution in [0, 0.1) is 0 Å². The van der Waals surface area contributed by atoms with E-state index in [1.807, 2.05) is 24.3 Å². The monoisotopic (exact) mass is 450 g/mol. The summed E-state index contributed by atoms with van der Waals surface area (Å²) in [5.74, 6) is 0.782. The summed E-state index contributed by atoms with van der Waals surface area (Å²) in [4.78, 5) is 2.48. The van der Waals surface area contributed by atoms with E-state index >= 15 is 0 Å². The van der Waals surface area contributed by atoms with Gasteiger partial charge in [0.05, 0.1) is 12.7 Å². The molecule has 1 fully saturated rings. The Morgan fingerprint density at radius 2 is 1.38 bits per heavy atom. The first-order valence-electron chi connectivity index (χ1n) is 11.2.